The van der Waals surface area contributed by atoms with Crippen molar-refractivity contribution < 1.29 is 14.3 Å². The predicted octanol–water partition coefficient (Wildman–Crippen LogP) is 1.58. The summed E-state index contributed by atoms with van der Waals surface area (Å²) in [7, 11) is 0. The maximum absolute atomic E-state index is 13.5. The highest BCUT2D eigenvalue weighted by atomic mass is 19.1. The van der Waals surface area contributed by atoms with Crippen LogP contribution >= 0.6 is 0 Å². The van der Waals surface area contributed by atoms with Crippen LogP contribution in [-0.4, -0.2) is 29.8 Å². The van der Waals surface area contributed by atoms with Gasteiger partial charge in [0.05, 0.1) is 6.10 Å². The first-order chi connectivity index (χ1) is 9.62. The van der Waals surface area contributed by atoms with E-state index in [1.54, 1.807) is 6.07 Å². The average molecular weight is 281 g/mol. The molecular weight excluding hydrogens is 261 g/mol. The number of halogens is 1. The molecule has 4 N–H and O–H groups in total. The number of rotatable bonds is 6. The Kier molecular flexibility index (Phi) is 4.92. The number of hydrogen-bond acceptors (Lipinski definition) is 4. The van der Waals surface area contributed by atoms with E-state index in [-0.39, 0.29) is 5.84 Å². The Bertz CT molecular complexity index is 487. The lowest BCUT2D eigenvalue weighted by Gasteiger charge is -2.35. The standard InChI is InChI=1S/C14H20FN3O2/c1-2-20-13-6-12(7-13)17-8-9-3-10(14(16)18-19)5-11(15)4-9/h3-5,12-13,17,19H,2,6-8H2,1H3,(H2,16,18). The first-order valence-corrected chi connectivity index (χ1v) is 6.74. The quantitative estimate of drug-likeness (QED) is 0.320. The summed E-state index contributed by atoms with van der Waals surface area (Å²) >= 11 is 0. The Balaban J connectivity index is 1.89. The molecule has 1 aromatic rings. The van der Waals surface area contributed by atoms with Gasteiger partial charge in [0.15, 0.2) is 5.84 Å². The highest BCUT2D eigenvalue weighted by Gasteiger charge is 2.28. The normalized spacial score (nSPS) is 22.6. The van der Waals surface area contributed by atoms with Crippen molar-refractivity contribution in [2.24, 2.45) is 10.9 Å². The summed E-state index contributed by atoms with van der Waals surface area (Å²) in [6, 6.07) is 4.80. The fourth-order valence-corrected chi connectivity index (χ4v) is 2.32. The van der Waals surface area contributed by atoms with Crippen LogP contribution in [0.15, 0.2) is 23.4 Å². The topological polar surface area (TPSA) is 79.9 Å². The predicted molar refractivity (Wildman–Crippen MR) is 74.2 cm³/mol. The summed E-state index contributed by atoms with van der Waals surface area (Å²) in [5.74, 6) is -0.488. The van der Waals surface area contributed by atoms with Crippen molar-refractivity contribution in [1.82, 2.24) is 5.32 Å². The summed E-state index contributed by atoms with van der Waals surface area (Å²) in [4.78, 5) is 0. The lowest BCUT2D eigenvalue weighted by Crippen LogP contribution is -2.45. The summed E-state index contributed by atoms with van der Waals surface area (Å²) in [5.41, 5.74) is 6.62. The molecule has 20 heavy (non-hydrogen) atoms. The van der Waals surface area contributed by atoms with E-state index in [9.17, 15) is 4.39 Å². The molecule has 1 saturated carbocycles. The summed E-state index contributed by atoms with van der Waals surface area (Å²) in [6.45, 7) is 3.28. The van der Waals surface area contributed by atoms with Crippen LogP contribution in [0.2, 0.25) is 0 Å². The van der Waals surface area contributed by atoms with E-state index in [4.69, 9.17) is 15.7 Å². The summed E-state index contributed by atoms with van der Waals surface area (Å²) in [6.07, 6.45) is 2.31. The van der Waals surface area contributed by atoms with Crippen LogP contribution in [0, 0.1) is 5.82 Å². The van der Waals surface area contributed by atoms with E-state index >= 15 is 0 Å². The zero-order chi connectivity index (χ0) is 14.5. The second-order valence-electron chi connectivity index (χ2n) is 4.96. The van der Waals surface area contributed by atoms with Crippen LogP contribution in [0.4, 0.5) is 4.39 Å². The van der Waals surface area contributed by atoms with Gasteiger partial charge in [0.2, 0.25) is 0 Å². The second kappa shape index (κ2) is 6.67. The lowest BCUT2D eigenvalue weighted by atomic mass is 9.89. The SMILES string of the molecule is CCOC1CC(NCc2cc(F)cc(/C(N)=N/O)c2)C1. The molecule has 2 rings (SSSR count). The van der Waals surface area contributed by atoms with Gasteiger partial charge in [0.25, 0.3) is 0 Å². The summed E-state index contributed by atoms with van der Waals surface area (Å²) in [5, 5.41) is 14.9. The molecule has 0 spiro atoms. The highest BCUT2D eigenvalue weighted by molar-refractivity contribution is 5.97. The van der Waals surface area contributed by atoms with Crippen LogP contribution in [0.5, 0.6) is 0 Å². The zero-order valence-electron chi connectivity index (χ0n) is 11.5. The first-order valence-electron chi connectivity index (χ1n) is 6.74. The van der Waals surface area contributed by atoms with Gasteiger partial charge < -0.3 is 21.0 Å². The van der Waals surface area contributed by atoms with E-state index in [1.165, 1.54) is 12.1 Å². The van der Waals surface area contributed by atoms with E-state index < -0.39 is 5.82 Å². The molecule has 0 heterocycles. The van der Waals surface area contributed by atoms with Gasteiger partial charge in [-0.05, 0) is 43.5 Å². The van der Waals surface area contributed by atoms with Crippen molar-refractivity contribution >= 4 is 5.84 Å². The molecule has 5 nitrogen and oxygen atoms in total. The van der Waals surface area contributed by atoms with E-state index in [0.29, 0.717) is 24.3 Å². The number of oxime groups is 1. The Labute approximate surface area is 117 Å². The molecule has 0 aromatic heterocycles. The number of benzene rings is 1. The van der Waals surface area contributed by atoms with E-state index in [1.807, 2.05) is 6.92 Å². The van der Waals surface area contributed by atoms with Gasteiger partial charge in [-0.2, -0.15) is 0 Å². The van der Waals surface area contributed by atoms with Gasteiger partial charge in [0.1, 0.15) is 5.82 Å². The molecular formula is C14H20FN3O2. The van der Waals surface area contributed by atoms with Crippen molar-refractivity contribution in [3.05, 3.63) is 35.1 Å². The van der Waals surface area contributed by atoms with Gasteiger partial charge in [-0.1, -0.05) is 5.16 Å². The van der Waals surface area contributed by atoms with E-state index in [0.717, 1.165) is 25.0 Å². The highest BCUT2D eigenvalue weighted by Crippen LogP contribution is 2.23. The fourth-order valence-electron chi connectivity index (χ4n) is 2.32. The van der Waals surface area contributed by atoms with Crippen LogP contribution in [0.3, 0.4) is 0 Å². The van der Waals surface area contributed by atoms with Crippen LogP contribution < -0.4 is 11.1 Å². The first kappa shape index (κ1) is 14.7. The number of ether oxygens (including phenoxy) is 1. The van der Waals surface area contributed by atoms with E-state index in [2.05, 4.69) is 10.5 Å². The van der Waals surface area contributed by atoms with Crippen molar-refractivity contribution in [2.75, 3.05) is 6.61 Å². The summed E-state index contributed by atoms with van der Waals surface area (Å²) < 4.78 is 19.0. The monoisotopic (exact) mass is 281 g/mol. The molecule has 110 valence electrons. The fraction of sp³-hybridized carbons (Fsp3) is 0.500. The molecule has 1 aromatic carbocycles. The Hall–Kier alpha value is -1.66. The number of nitrogens with one attached hydrogen (secondary N) is 1. The van der Waals surface area contributed by atoms with Crippen LogP contribution in [0.25, 0.3) is 0 Å². The third kappa shape index (κ3) is 3.68. The number of nitrogens with two attached hydrogens (primary N) is 1. The molecule has 1 fully saturated rings. The molecule has 0 atom stereocenters. The number of hydrogen-bond donors (Lipinski definition) is 3. The minimum Gasteiger partial charge on any atom is -0.409 e. The van der Waals surface area contributed by atoms with Gasteiger partial charge in [-0.15, -0.1) is 0 Å². The molecule has 0 saturated heterocycles. The largest absolute Gasteiger partial charge is 0.409 e. The molecule has 1 aliphatic rings. The third-order valence-corrected chi connectivity index (χ3v) is 3.45. The van der Waals surface area contributed by atoms with Crippen molar-refractivity contribution in [2.45, 2.75) is 38.5 Å². The molecule has 0 aliphatic heterocycles. The number of nitrogens with zero attached hydrogens (tertiary/aromatic N) is 1. The lowest BCUT2D eigenvalue weighted by molar-refractivity contribution is -0.0102. The van der Waals surface area contributed by atoms with Crippen molar-refractivity contribution in [3.8, 4) is 0 Å². The maximum atomic E-state index is 13.5. The second-order valence-corrected chi connectivity index (χ2v) is 4.96. The molecule has 0 bridgehead atoms. The molecule has 0 amide bonds. The van der Waals surface area contributed by atoms with Gasteiger partial charge in [0, 0.05) is 24.8 Å². The third-order valence-electron chi connectivity index (χ3n) is 3.45. The average Bonchev–Trinajstić information content (AvgIpc) is 2.39. The van der Waals surface area contributed by atoms with Crippen molar-refractivity contribution in [3.63, 3.8) is 0 Å². The van der Waals surface area contributed by atoms with Crippen molar-refractivity contribution in [1.29, 1.82) is 0 Å². The minimum atomic E-state index is -0.397. The number of amidine groups is 1. The van der Waals surface area contributed by atoms with Crippen LogP contribution in [0.1, 0.15) is 30.9 Å². The van der Waals surface area contributed by atoms with Gasteiger partial charge in [-0.25, -0.2) is 4.39 Å². The Morgan fingerprint density at radius 3 is 2.90 bits per heavy atom. The maximum Gasteiger partial charge on any atom is 0.170 e. The molecule has 0 unspecified atom stereocenters. The molecule has 1 aliphatic carbocycles. The molecule has 0 radical (unpaired) electrons. The van der Waals surface area contributed by atoms with Gasteiger partial charge >= 0.3 is 0 Å². The minimum absolute atomic E-state index is 0.0918. The zero-order valence-corrected chi connectivity index (χ0v) is 11.5. The molecule has 6 heteroatoms. The smallest absolute Gasteiger partial charge is 0.170 e. The van der Waals surface area contributed by atoms with Gasteiger partial charge in [-0.3, -0.25) is 0 Å². The Morgan fingerprint density at radius 1 is 1.50 bits per heavy atom. The Morgan fingerprint density at radius 2 is 2.25 bits per heavy atom. The van der Waals surface area contributed by atoms with Crippen LogP contribution in [-0.2, 0) is 11.3 Å².